The Hall–Kier alpha value is -1.60. The number of hydrazine groups is 1. The maximum Gasteiger partial charge on any atom is 0.267 e. The highest BCUT2D eigenvalue weighted by molar-refractivity contribution is 7.89. The number of amides is 1. The topological polar surface area (TPSA) is 75.3 Å². The molecular formula is C13H10Cl2N2O3S. The van der Waals surface area contributed by atoms with E-state index in [0.29, 0.717) is 5.02 Å². The summed E-state index contributed by atoms with van der Waals surface area (Å²) in [7, 11) is -3.84. The third-order valence-electron chi connectivity index (χ3n) is 2.53. The summed E-state index contributed by atoms with van der Waals surface area (Å²) in [5.41, 5.74) is 2.16. The van der Waals surface area contributed by atoms with Crippen molar-refractivity contribution >= 4 is 39.1 Å². The molecule has 0 unspecified atom stereocenters. The van der Waals surface area contributed by atoms with Gasteiger partial charge in [-0.2, -0.15) is 0 Å². The lowest BCUT2D eigenvalue weighted by atomic mass is 10.2. The molecule has 0 bridgehead atoms. The van der Waals surface area contributed by atoms with Gasteiger partial charge in [0.2, 0.25) is 0 Å². The maximum absolute atomic E-state index is 11.9. The third kappa shape index (κ3) is 3.95. The van der Waals surface area contributed by atoms with E-state index < -0.39 is 15.9 Å². The van der Waals surface area contributed by atoms with E-state index in [9.17, 15) is 13.2 Å². The van der Waals surface area contributed by atoms with Crippen molar-refractivity contribution < 1.29 is 13.2 Å². The van der Waals surface area contributed by atoms with Gasteiger partial charge in [0.25, 0.3) is 15.9 Å². The summed E-state index contributed by atoms with van der Waals surface area (Å²) in [6, 6.07) is 12.0. The van der Waals surface area contributed by atoms with E-state index in [-0.39, 0.29) is 15.5 Å². The fraction of sp³-hybridized carbons (Fsp3) is 0. The zero-order valence-corrected chi connectivity index (χ0v) is 12.8. The average Bonchev–Trinajstić information content (AvgIpc) is 2.48. The van der Waals surface area contributed by atoms with Crippen LogP contribution >= 0.6 is 23.2 Å². The van der Waals surface area contributed by atoms with Crippen molar-refractivity contribution in [3.05, 3.63) is 64.1 Å². The normalized spacial score (nSPS) is 11.1. The monoisotopic (exact) mass is 344 g/mol. The van der Waals surface area contributed by atoms with E-state index in [1.54, 1.807) is 18.2 Å². The van der Waals surface area contributed by atoms with Crippen LogP contribution in [0, 0.1) is 0 Å². The van der Waals surface area contributed by atoms with Crippen molar-refractivity contribution in [3.63, 3.8) is 0 Å². The molecule has 0 fully saturated rings. The molecule has 2 aromatic carbocycles. The Morgan fingerprint density at radius 1 is 1.00 bits per heavy atom. The highest BCUT2D eigenvalue weighted by Crippen LogP contribution is 2.20. The number of benzene rings is 2. The van der Waals surface area contributed by atoms with Crippen LogP contribution < -0.4 is 10.3 Å². The highest BCUT2D eigenvalue weighted by atomic mass is 35.5. The number of rotatable bonds is 4. The second-order valence-electron chi connectivity index (χ2n) is 4.00. The number of nitrogens with one attached hydrogen (secondary N) is 2. The largest absolute Gasteiger partial charge is 0.273 e. The van der Waals surface area contributed by atoms with Crippen LogP contribution in [0.1, 0.15) is 10.4 Å². The summed E-state index contributed by atoms with van der Waals surface area (Å²) in [4.78, 5) is 13.9. The summed E-state index contributed by atoms with van der Waals surface area (Å²) in [5.74, 6) is -0.706. The molecule has 0 heterocycles. The van der Waals surface area contributed by atoms with E-state index in [4.69, 9.17) is 23.2 Å². The van der Waals surface area contributed by atoms with Crippen molar-refractivity contribution in [1.29, 1.82) is 0 Å². The fourth-order valence-corrected chi connectivity index (χ4v) is 2.75. The second-order valence-corrected chi connectivity index (χ2v) is 6.52. The minimum absolute atomic E-state index is 0.0301. The first-order chi connectivity index (χ1) is 9.90. The molecule has 2 rings (SSSR count). The first kappa shape index (κ1) is 15.8. The Labute approximate surface area is 131 Å². The van der Waals surface area contributed by atoms with Gasteiger partial charge in [-0.15, -0.1) is 4.83 Å². The number of carbonyl (C=O) groups is 1. The second kappa shape index (κ2) is 6.44. The van der Waals surface area contributed by atoms with Crippen LogP contribution in [0.3, 0.4) is 0 Å². The van der Waals surface area contributed by atoms with Gasteiger partial charge in [0, 0.05) is 5.02 Å². The van der Waals surface area contributed by atoms with E-state index in [1.807, 2.05) is 4.83 Å². The summed E-state index contributed by atoms with van der Waals surface area (Å²) >= 11 is 11.6. The Morgan fingerprint density at radius 3 is 2.33 bits per heavy atom. The van der Waals surface area contributed by atoms with Crippen LogP contribution in [0.25, 0.3) is 0 Å². The molecule has 8 heteroatoms. The van der Waals surface area contributed by atoms with Gasteiger partial charge < -0.3 is 0 Å². The van der Waals surface area contributed by atoms with Gasteiger partial charge in [-0.05, 0) is 30.3 Å². The van der Waals surface area contributed by atoms with E-state index in [1.165, 1.54) is 30.3 Å². The van der Waals surface area contributed by atoms with Crippen molar-refractivity contribution in [3.8, 4) is 0 Å². The van der Waals surface area contributed by atoms with Gasteiger partial charge in [-0.1, -0.05) is 41.4 Å². The standard InChI is InChI=1S/C13H10Cl2N2O3S/c14-9-6-7-12(15)11(8-9)13(18)16-17-21(19,20)10-4-2-1-3-5-10/h1-8,17H,(H,16,18). The van der Waals surface area contributed by atoms with Crippen LogP contribution in [0.5, 0.6) is 0 Å². The lowest BCUT2D eigenvalue weighted by Gasteiger charge is -2.09. The first-order valence-corrected chi connectivity index (χ1v) is 7.96. The van der Waals surface area contributed by atoms with Gasteiger partial charge in [0.1, 0.15) is 0 Å². The van der Waals surface area contributed by atoms with Crippen LogP contribution in [0.2, 0.25) is 10.0 Å². The number of hydrogen-bond acceptors (Lipinski definition) is 3. The van der Waals surface area contributed by atoms with Crippen molar-refractivity contribution in [2.75, 3.05) is 0 Å². The maximum atomic E-state index is 11.9. The van der Waals surface area contributed by atoms with Gasteiger partial charge in [-0.25, -0.2) is 8.42 Å². The summed E-state index contributed by atoms with van der Waals surface area (Å²) in [6.07, 6.45) is 0. The van der Waals surface area contributed by atoms with Crippen LogP contribution in [0.4, 0.5) is 0 Å². The predicted molar refractivity (Wildman–Crippen MR) is 80.7 cm³/mol. The van der Waals surface area contributed by atoms with Gasteiger partial charge in [-0.3, -0.25) is 10.2 Å². The zero-order valence-electron chi connectivity index (χ0n) is 10.5. The van der Waals surface area contributed by atoms with Crippen molar-refractivity contribution in [2.45, 2.75) is 4.90 Å². The summed E-state index contributed by atoms with van der Waals surface area (Å²) in [5, 5.41) is 0.478. The van der Waals surface area contributed by atoms with E-state index >= 15 is 0 Å². The Kier molecular flexibility index (Phi) is 4.84. The minimum Gasteiger partial charge on any atom is -0.273 e. The molecule has 0 atom stereocenters. The lowest BCUT2D eigenvalue weighted by molar-refractivity contribution is 0.0945. The molecule has 5 nitrogen and oxygen atoms in total. The molecule has 0 aliphatic rings. The number of hydrogen-bond donors (Lipinski definition) is 2. The van der Waals surface area contributed by atoms with Crippen LogP contribution in [-0.2, 0) is 10.0 Å². The Morgan fingerprint density at radius 2 is 1.67 bits per heavy atom. The molecule has 0 spiro atoms. The minimum atomic E-state index is -3.84. The molecule has 21 heavy (non-hydrogen) atoms. The number of carbonyl (C=O) groups excluding carboxylic acids is 1. The SMILES string of the molecule is O=C(NNS(=O)(=O)c1ccccc1)c1cc(Cl)ccc1Cl. The van der Waals surface area contributed by atoms with Gasteiger partial charge in [0.15, 0.2) is 0 Å². The first-order valence-electron chi connectivity index (χ1n) is 5.72. The summed E-state index contributed by atoms with van der Waals surface area (Å²) in [6.45, 7) is 0. The van der Waals surface area contributed by atoms with Crippen molar-refractivity contribution in [1.82, 2.24) is 10.3 Å². The zero-order chi connectivity index (χ0) is 15.5. The lowest BCUT2D eigenvalue weighted by Crippen LogP contribution is -2.41. The predicted octanol–water partition coefficient (Wildman–Crippen LogP) is 2.62. The highest BCUT2D eigenvalue weighted by Gasteiger charge is 2.16. The Balaban J connectivity index is 2.13. The number of halogens is 2. The smallest absolute Gasteiger partial charge is 0.267 e. The third-order valence-corrected chi connectivity index (χ3v) is 4.35. The van der Waals surface area contributed by atoms with Crippen LogP contribution in [-0.4, -0.2) is 14.3 Å². The molecule has 0 radical (unpaired) electrons. The molecule has 0 aliphatic heterocycles. The molecule has 0 saturated heterocycles. The van der Waals surface area contributed by atoms with Crippen LogP contribution in [0.15, 0.2) is 53.4 Å². The van der Waals surface area contributed by atoms with E-state index in [0.717, 1.165) is 0 Å². The average molecular weight is 345 g/mol. The quantitative estimate of drug-likeness (QED) is 0.837. The molecule has 2 aromatic rings. The van der Waals surface area contributed by atoms with Gasteiger partial charge >= 0.3 is 0 Å². The van der Waals surface area contributed by atoms with Gasteiger partial charge in [0.05, 0.1) is 15.5 Å². The molecule has 2 N–H and O–H groups in total. The summed E-state index contributed by atoms with van der Waals surface area (Å²) < 4.78 is 23.9. The Bertz CT molecular complexity index is 764. The molecule has 1 amide bonds. The molecule has 0 saturated carbocycles. The molecule has 0 aliphatic carbocycles. The fourth-order valence-electron chi connectivity index (χ4n) is 1.51. The van der Waals surface area contributed by atoms with E-state index in [2.05, 4.69) is 5.43 Å². The van der Waals surface area contributed by atoms with Crippen molar-refractivity contribution in [2.24, 2.45) is 0 Å². The molecule has 0 aromatic heterocycles. The molecule has 110 valence electrons. The molecular weight excluding hydrogens is 335 g/mol. The number of sulfonamides is 1.